The number of hydrogen-bond donors (Lipinski definition) is 0. The van der Waals surface area contributed by atoms with Gasteiger partial charge in [0.15, 0.2) is 0 Å². The van der Waals surface area contributed by atoms with E-state index >= 15 is 0 Å². The van der Waals surface area contributed by atoms with Crippen LogP contribution < -0.4 is 0 Å². The van der Waals surface area contributed by atoms with E-state index in [1.807, 2.05) is 0 Å². The van der Waals surface area contributed by atoms with E-state index in [9.17, 15) is 0 Å². The number of terminal acetylenes is 2. The first kappa shape index (κ1) is 15.8. The molecule has 0 aromatic carbocycles. The van der Waals surface area contributed by atoms with E-state index in [0.29, 0.717) is 6.42 Å². The van der Waals surface area contributed by atoms with Crippen molar-refractivity contribution in [2.75, 3.05) is 7.11 Å². The van der Waals surface area contributed by atoms with Crippen molar-refractivity contribution in [3.8, 4) is 24.7 Å². The highest BCUT2D eigenvalue weighted by molar-refractivity contribution is 4.99. The van der Waals surface area contributed by atoms with Crippen molar-refractivity contribution in [2.45, 2.75) is 58.0 Å². The van der Waals surface area contributed by atoms with Crippen LogP contribution >= 0.6 is 0 Å². The fourth-order valence-corrected chi connectivity index (χ4v) is 1.65. The molecule has 1 nitrogen and oxygen atoms in total. The van der Waals surface area contributed by atoms with Crippen LogP contribution in [0.25, 0.3) is 0 Å². The van der Waals surface area contributed by atoms with Crippen LogP contribution in [0, 0.1) is 24.7 Å². The Kier molecular flexibility index (Phi) is 10.5. The number of unbranched alkanes of at least 4 members (excludes halogenated alkanes) is 3. The van der Waals surface area contributed by atoms with Gasteiger partial charge in [0, 0.05) is 20.0 Å². The normalized spacial score (nSPS) is 12.8. The molecule has 0 saturated carbocycles. The molecule has 0 bridgehead atoms. The van der Waals surface area contributed by atoms with E-state index in [4.69, 9.17) is 17.6 Å². The summed E-state index contributed by atoms with van der Waals surface area (Å²) < 4.78 is 5.31. The molecular weight excluding hydrogens is 208 g/mol. The van der Waals surface area contributed by atoms with Gasteiger partial charge in [0.05, 0.1) is 6.10 Å². The first-order chi connectivity index (χ1) is 8.24. The highest BCUT2D eigenvalue weighted by Crippen LogP contribution is 2.13. The van der Waals surface area contributed by atoms with Gasteiger partial charge in [-0.05, 0) is 39.0 Å². The van der Waals surface area contributed by atoms with E-state index in [1.54, 1.807) is 7.11 Å². The van der Waals surface area contributed by atoms with Crippen LogP contribution in [0.3, 0.4) is 0 Å². The minimum Gasteiger partial charge on any atom is -0.380 e. The Morgan fingerprint density at radius 3 is 2.65 bits per heavy atom. The number of ether oxygens (including phenoxy) is 1. The third-order valence-electron chi connectivity index (χ3n) is 2.81. The number of allylic oxidation sites excluding steroid dienone is 2. The monoisotopic (exact) mass is 232 g/mol. The van der Waals surface area contributed by atoms with Crippen LogP contribution in [0.15, 0.2) is 11.6 Å². The van der Waals surface area contributed by atoms with Crippen LogP contribution in [-0.2, 0) is 4.74 Å². The van der Waals surface area contributed by atoms with Crippen molar-refractivity contribution in [1.29, 1.82) is 0 Å². The molecule has 1 unspecified atom stereocenters. The number of methoxy groups -OCH3 is 1. The summed E-state index contributed by atoms with van der Waals surface area (Å²) in [7, 11) is 1.72. The lowest BCUT2D eigenvalue weighted by Gasteiger charge is -2.12. The lowest BCUT2D eigenvalue weighted by molar-refractivity contribution is 0.0998. The summed E-state index contributed by atoms with van der Waals surface area (Å²) >= 11 is 0. The number of hydrogen-bond acceptors (Lipinski definition) is 1. The van der Waals surface area contributed by atoms with Crippen LogP contribution in [0.5, 0.6) is 0 Å². The Bertz CT molecular complexity index is 288. The lowest BCUT2D eigenvalue weighted by atomic mass is 10.0. The molecule has 0 aromatic rings. The van der Waals surface area contributed by atoms with Gasteiger partial charge in [-0.2, -0.15) is 0 Å². The minimum absolute atomic E-state index is 0.199. The maximum Gasteiger partial charge on any atom is 0.0683 e. The fourth-order valence-electron chi connectivity index (χ4n) is 1.65. The fraction of sp³-hybridized carbons (Fsp3) is 0.625. The van der Waals surface area contributed by atoms with Gasteiger partial charge in [0.1, 0.15) is 0 Å². The Labute approximate surface area is 107 Å². The van der Waals surface area contributed by atoms with E-state index in [0.717, 1.165) is 32.1 Å². The third-order valence-corrected chi connectivity index (χ3v) is 2.81. The molecule has 0 N–H and O–H groups in total. The van der Waals surface area contributed by atoms with Gasteiger partial charge >= 0.3 is 0 Å². The van der Waals surface area contributed by atoms with Gasteiger partial charge in [-0.25, -0.2) is 0 Å². The molecule has 0 radical (unpaired) electrons. The van der Waals surface area contributed by atoms with Gasteiger partial charge in [-0.3, -0.25) is 0 Å². The molecule has 94 valence electrons. The van der Waals surface area contributed by atoms with Crippen molar-refractivity contribution in [3.63, 3.8) is 0 Å². The predicted molar refractivity (Wildman–Crippen MR) is 74.5 cm³/mol. The Balaban J connectivity index is 3.69. The highest BCUT2D eigenvalue weighted by atomic mass is 16.5. The van der Waals surface area contributed by atoms with Crippen molar-refractivity contribution in [1.82, 2.24) is 0 Å². The summed E-state index contributed by atoms with van der Waals surface area (Å²) in [5, 5.41) is 0. The van der Waals surface area contributed by atoms with E-state index in [2.05, 4.69) is 24.8 Å². The second-order valence-electron chi connectivity index (χ2n) is 4.31. The van der Waals surface area contributed by atoms with Gasteiger partial charge in [-0.15, -0.1) is 24.7 Å². The van der Waals surface area contributed by atoms with E-state index in [1.165, 1.54) is 12.0 Å². The second kappa shape index (κ2) is 11.3. The molecule has 0 rings (SSSR count). The SMILES string of the molecule is C#CCCCCC=C(C)CCC(CC#C)OC. The maximum absolute atomic E-state index is 5.31. The molecule has 0 aliphatic carbocycles. The summed E-state index contributed by atoms with van der Waals surface area (Å²) in [6.07, 6.45) is 20.1. The van der Waals surface area contributed by atoms with Crippen LogP contribution in [-0.4, -0.2) is 13.2 Å². The summed E-state index contributed by atoms with van der Waals surface area (Å²) in [6.45, 7) is 2.17. The quantitative estimate of drug-likeness (QED) is 0.332. The standard InChI is InChI=1S/C16H24O/c1-5-7-8-9-10-12-15(3)13-14-16(17-4)11-6-2/h1-2,12,16H,7-11,13-14H2,3-4H3. The summed E-state index contributed by atoms with van der Waals surface area (Å²) in [5.41, 5.74) is 1.42. The Morgan fingerprint density at radius 2 is 2.06 bits per heavy atom. The molecule has 0 aromatic heterocycles. The zero-order valence-electron chi connectivity index (χ0n) is 11.2. The molecule has 1 atom stereocenters. The smallest absolute Gasteiger partial charge is 0.0683 e. The third kappa shape index (κ3) is 9.73. The average molecular weight is 232 g/mol. The van der Waals surface area contributed by atoms with Crippen LogP contribution in [0.2, 0.25) is 0 Å². The second-order valence-corrected chi connectivity index (χ2v) is 4.31. The van der Waals surface area contributed by atoms with Crippen molar-refractivity contribution in [2.24, 2.45) is 0 Å². The molecule has 0 spiro atoms. The minimum atomic E-state index is 0.199. The Morgan fingerprint density at radius 1 is 1.29 bits per heavy atom. The van der Waals surface area contributed by atoms with E-state index in [-0.39, 0.29) is 6.10 Å². The molecule has 0 saturated heterocycles. The zero-order chi connectivity index (χ0) is 12.9. The summed E-state index contributed by atoms with van der Waals surface area (Å²) in [4.78, 5) is 0. The molecule has 0 aliphatic rings. The molecule has 0 heterocycles. The largest absolute Gasteiger partial charge is 0.380 e. The van der Waals surface area contributed by atoms with Crippen molar-refractivity contribution < 1.29 is 4.74 Å². The Hall–Kier alpha value is -1.18. The topological polar surface area (TPSA) is 9.23 Å². The summed E-state index contributed by atoms with van der Waals surface area (Å²) in [5.74, 6) is 5.31. The van der Waals surface area contributed by atoms with Crippen molar-refractivity contribution >= 4 is 0 Å². The molecule has 0 fully saturated rings. The van der Waals surface area contributed by atoms with Crippen LogP contribution in [0.4, 0.5) is 0 Å². The summed E-state index contributed by atoms with van der Waals surface area (Å²) in [6, 6.07) is 0. The average Bonchev–Trinajstić information content (AvgIpc) is 2.34. The van der Waals surface area contributed by atoms with Gasteiger partial charge in [0.2, 0.25) is 0 Å². The zero-order valence-corrected chi connectivity index (χ0v) is 11.2. The van der Waals surface area contributed by atoms with E-state index < -0.39 is 0 Å². The lowest BCUT2D eigenvalue weighted by Crippen LogP contribution is -2.09. The molecular formula is C16H24O. The first-order valence-corrected chi connectivity index (χ1v) is 6.30. The number of rotatable bonds is 9. The van der Waals surface area contributed by atoms with Gasteiger partial charge in [0.25, 0.3) is 0 Å². The maximum atomic E-state index is 5.31. The first-order valence-electron chi connectivity index (χ1n) is 6.30. The molecule has 0 amide bonds. The predicted octanol–water partition coefficient (Wildman–Crippen LogP) is 3.94. The van der Waals surface area contributed by atoms with Crippen LogP contribution in [0.1, 0.15) is 51.9 Å². The van der Waals surface area contributed by atoms with Gasteiger partial charge in [-0.1, -0.05) is 11.6 Å². The molecule has 17 heavy (non-hydrogen) atoms. The highest BCUT2D eigenvalue weighted by Gasteiger charge is 2.04. The van der Waals surface area contributed by atoms with Gasteiger partial charge < -0.3 is 4.74 Å². The van der Waals surface area contributed by atoms with Crippen molar-refractivity contribution in [3.05, 3.63) is 11.6 Å². The molecule has 1 heteroatoms. The molecule has 0 aliphatic heterocycles.